The Morgan fingerprint density at radius 2 is 2.33 bits per heavy atom. The van der Waals surface area contributed by atoms with E-state index in [1.807, 2.05) is 29.8 Å². The molecule has 0 unspecified atom stereocenters. The summed E-state index contributed by atoms with van der Waals surface area (Å²) in [5.41, 5.74) is 7.53. The third-order valence-corrected chi connectivity index (χ3v) is 3.94. The van der Waals surface area contributed by atoms with Crippen molar-refractivity contribution in [3.63, 3.8) is 0 Å². The first kappa shape index (κ1) is 13.5. The van der Waals surface area contributed by atoms with Gasteiger partial charge in [-0.25, -0.2) is 4.98 Å². The van der Waals surface area contributed by atoms with Crippen LogP contribution in [0.3, 0.4) is 0 Å². The average molecular weight is 342 g/mol. The average Bonchev–Trinajstić information content (AvgIpc) is 2.84. The SMILES string of the molecule is NC(=S)c1cc(Br)ccc1NCCc1nccs1. The number of anilines is 1. The molecule has 0 radical (unpaired) electrons. The number of halogens is 1. The van der Waals surface area contributed by atoms with Gasteiger partial charge in [0, 0.05) is 40.3 Å². The first-order valence-corrected chi connectivity index (χ1v) is 7.46. The fraction of sp³-hybridized carbons (Fsp3) is 0.167. The summed E-state index contributed by atoms with van der Waals surface area (Å²) in [5, 5.41) is 6.44. The van der Waals surface area contributed by atoms with Crippen LogP contribution in [0, 0.1) is 0 Å². The van der Waals surface area contributed by atoms with Gasteiger partial charge in [0.05, 0.1) is 5.01 Å². The molecule has 2 rings (SSSR count). The molecule has 0 bridgehead atoms. The number of thiazole rings is 1. The molecular weight excluding hydrogens is 330 g/mol. The van der Waals surface area contributed by atoms with Crippen LogP contribution in [0.2, 0.25) is 0 Å². The van der Waals surface area contributed by atoms with Crippen LogP contribution in [0.1, 0.15) is 10.6 Å². The van der Waals surface area contributed by atoms with E-state index in [-0.39, 0.29) is 0 Å². The summed E-state index contributed by atoms with van der Waals surface area (Å²) in [6.07, 6.45) is 2.71. The first-order chi connectivity index (χ1) is 8.66. The molecule has 18 heavy (non-hydrogen) atoms. The Hall–Kier alpha value is -0.980. The van der Waals surface area contributed by atoms with Crippen LogP contribution in [0.5, 0.6) is 0 Å². The number of aromatic nitrogens is 1. The van der Waals surface area contributed by atoms with Gasteiger partial charge in [-0.3, -0.25) is 0 Å². The molecule has 94 valence electrons. The zero-order chi connectivity index (χ0) is 13.0. The largest absolute Gasteiger partial charge is 0.389 e. The third kappa shape index (κ3) is 3.51. The van der Waals surface area contributed by atoms with E-state index >= 15 is 0 Å². The highest BCUT2D eigenvalue weighted by Crippen LogP contribution is 2.21. The first-order valence-electron chi connectivity index (χ1n) is 5.38. The second-order valence-electron chi connectivity index (χ2n) is 3.66. The molecule has 0 amide bonds. The molecule has 0 atom stereocenters. The second-order valence-corrected chi connectivity index (χ2v) is 5.99. The molecule has 0 aliphatic rings. The normalized spacial score (nSPS) is 10.3. The summed E-state index contributed by atoms with van der Waals surface area (Å²) in [4.78, 5) is 4.64. The van der Waals surface area contributed by atoms with Gasteiger partial charge in [0.25, 0.3) is 0 Å². The Bertz CT molecular complexity index is 540. The number of hydrogen-bond acceptors (Lipinski definition) is 4. The van der Waals surface area contributed by atoms with Crippen molar-refractivity contribution < 1.29 is 0 Å². The molecular formula is C12H12BrN3S2. The van der Waals surface area contributed by atoms with Crippen molar-refractivity contribution in [2.75, 3.05) is 11.9 Å². The fourth-order valence-electron chi connectivity index (χ4n) is 1.56. The maximum Gasteiger partial charge on any atom is 0.106 e. The standard InChI is InChI=1S/C12H12BrN3S2/c13-8-1-2-10(9(7-8)12(14)17)15-4-3-11-16-5-6-18-11/h1-2,5-7,15H,3-4H2,(H2,14,17). The van der Waals surface area contributed by atoms with Gasteiger partial charge in [0.2, 0.25) is 0 Å². The Morgan fingerprint density at radius 3 is 3.00 bits per heavy atom. The summed E-state index contributed by atoms with van der Waals surface area (Å²) in [6.45, 7) is 0.810. The molecule has 0 saturated carbocycles. The topological polar surface area (TPSA) is 50.9 Å². The summed E-state index contributed by atoms with van der Waals surface area (Å²) in [5.74, 6) is 0. The summed E-state index contributed by atoms with van der Waals surface area (Å²) in [7, 11) is 0. The van der Waals surface area contributed by atoms with Gasteiger partial charge < -0.3 is 11.1 Å². The number of hydrogen-bond donors (Lipinski definition) is 2. The molecule has 6 heteroatoms. The van der Waals surface area contributed by atoms with Gasteiger partial charge in [-0.15, -0.1) is 11.3 Å². The van der Waals surface area contributed by atoms with Gasteiger partial charge in [-0.05, 0) is 18.2 Å². The zero-order valence-corrected chi connectivity index (χ0v) is 12.7. The number of rotatable bonds is 5. The quantitative estimate of drug-likeness (QED) is 0.820. The highest BCUT2D eigenvalue weighted by molar-refractivity contribution is 9.10. The molecule has 3 nitrogen and oxygen atoms in total. The van der Waals surface area contributed by atoms with Crippen LogP contribution in [-0.4, -0.2) is 16.5 Å². The monoisotopic (exact) mass is 341 g/mol. The number of nitrogens with zero attached hydrogens (tertiary/aromatic N) is 1. The molecule has 3 N–H and O–H groups in total. The molecule has 0 aliphatic heterocycles. The Balaban J connectivity index is 2.02. The van der Waals surface area contributed by atoms with Crippen LogP contribution < -0.4 is 11.1 Å². The van der Waals surface area contributed by atoms with Gasteiger partial charge in [-0.2, -0.15) is 0 Å². The summed E-state index contributed by atoms with van der Waals surface area (Å²) >= 11 is 10.1. The Labute approximate surface area is 124 Å². The van der Waals surface area contributed by atoms with Gasteiger partial charge in [0.1, 0.15) is 4.99 Å². The van der Waals surface area contributed by atoms with Gasteiger partial charge >= 0.3 is 0 Å². The molecule has 0 spiro atoms. The minimum atomic E-state index is 0.396. The highest BCUT2D eigenvalue weighted by Gasteiger charge is 2.05. The molecule has 0 aliphatic carbocycles. The molecule has 1 aromatic carbocycles. The maximum absolute atomic E-state index is 5.71. The number of nitrogens with one attached hydrogen (secondary N) is 1. The second kappa shape index (κ2) is 6.26. The van der Waals surface area contributed by atoms with Crippen molar-refractivity contribution in [3.05, 3.63) is 44.8 Å². The lowest BCUT2D eigenvalue weighted by atomic mass is 10.1. The number of thiocarbonyl (C=S) groups is 1. The Kier molecular flexibility index (Phi) is 4.68. The van der Waals surface area contributed by atoms with E-state index in [1.165, 1.54) is 0 Å². The molecule has 0 fully saturated rings. The fourth-order valence-corrected chi connectivity index (χ4v) is 2.71. The lowest BCUT2D eigenvalue weighted by molar-refractivity contribution is 0.997. The van der Waals surface area contributed by atoms with E-state index < -0.39 is 0 Å². The van der Waals surface area contributed by atoms with Crippen molar-refractivity contribution in [1.82, 2.24) is 4.98 Å². The number of nitrogens with two attached hydrogens (primary N) is 1. The van der Waals surface area contributed by atoms with Gasteiger partial charge in [-0.1, -0.05) is 28.1 Å². The molecule has 1 heterocycles. The lowest BCUT2D eigenvalue weighted by Crippen LogP contribution is -2.14. The number of benzene rings is 1. The molecule has 2 aromatic rings. The van der Waals surface area contributed by atoms with Crippen LogP contribution in [0.15, 0.2) is 34.2 Å². The maximum atomic E-state index is 5.71. The van der Waals surface area contributed by atoms with Crippen LogP contribution >= 0.6 is 39.5 Å². The van der Waals surface area contributed by atoms with Crippen LogP contribution in [0.25, 0.3) is 0 Å². The van der Waals surface area contributed by atoms with E-state index in [9.17, 15) is 0 Å². The molecule has 1 aromatic heterocycles. The minimum absolute atomic E-state index is 0.396. The van der Waals surface area contributed by atoms with Crippen molar-refractivity contribution in [2.45, 2.75) is 6.42 Å². The predicted molar refractivity (Wildman–Crippen MR) is 84.3 cm³/mol. The van der Waals surface area contributed by atoms with Gasteiger partial charge in [0.15, 0.2) is 0 Å². The lowest BCUT2D eigenvalue weighted by Gasteiger charge is -2.11. The van der Waals surface area contributed by atoms with Crippen molar-refractivity contribution in [1.29, 1.82) is 0 Å². The van der Waals surface area contributed by atoms with Crippen molar-refractivity contribution in [3.8, 4) is 0 Å². The van der Waals surface area contributed by atoms with E-state index in [0.29, 0.717) is 4.99 Å². The Morgan fingerprint density at radius 1 is 1.50 bits per heavy atom. The van der Waals surface area contributed by atoms with E-state index in [0.717, 1.165) is 33.7 Å². The highest BCUT2D eigenvalue weighted by atomic mass is 79.9. The van der Waals surface area contributed by atoms with Crippen molar-refractivity contribution in [2.24, 2.45) is 5.73 Å². The van der Waals surface area contributed by atoms with E-state index in [1.54, 1.807) is 11.3 Å². The predicted octanol–water partition coefficient (Wildman–Crippen LogP) is 3.19. The molecule has 0 saturated heterocycles. The van der Waals surface area contributed by atoms with Crippen LogP contribution in [0.4, 0.5) is 5.69 Å². The summed E-state index contributed by atoms with van der Waals surface area (Å²) < 4.78 is 0.968. The van der Waals surface area contributed by atoms with Crippen LogP contribution in [-0.2, 0) is 6.42 Å². The van der Waals surface area contributed by atoms with E-state index in [2.05, 4.69) is 26.2 Å². The third-order valence-electron chi connectivity index (χ3n) is 2.38. The zero-order valence-electron chi connectivity index (χ0n) is 9.52. The van der Waals surface area contributed by atoms with E-state index in [4.69, 9.17) is 18.0 Å². The summed E-state index contributed by atoms with van der Waals surface area (Å²) in [6, 6.07) is 5.86. The van der Waals surface area contributed by atoms with Crippen molar-refractivity contribution >= 4 is 50.2 Å². The minimum Gasteiger partial charge on any atom is -0.389 e. The smallest absolute Gasteiger partial charge is 0.106 e.